The zero-order valence-electron chi connectivity index (χ0n) is 38.1. The van der Waals surface area contributed by atoms with Gasteiger partial charge in [0, 0.05) is 12.8 Å². The van der Waals surface area contributed by atoms with Crippen LogP contribution in [0.4, 0.5) is 0 Å². The van der Waals surface area contributed by atoms with Crippen molar-refractivity contribution in [3.05, 3.63) is 109 Å². The summed E-state index contributed by atoms with van der Waals surface area (Å²) in [6.45, 7) is 3.90. The topological polar surface area (TPSA) is 111 Å². The van der Waals surface area contributed by atoms with Crippen LogP contribution in [0, 0.1) is 0 Å². The van der Waals surface area contributed by atoms with Crippen LogP contribution in [0.1, 0.15) is 142 Å². The van der Waals surface area contributed by atoms with Crippen molar-refractivity contribution in [2.45, 2.75) is 148 Å². The number of esters is 2. The molecule has 0 aromatic rings. The highest BCUT2D eigenvalue weighted by Gasteiger charge is 2.21. The molecular weight excluding hydrogens is 774 g/mol. The lowest BCUT2D eigenvalue weighted by atomic mass is 10.1. The van der Waals surface area contributed by atoms with E-state index >= 15 is 0 Å². The molecule has 0 amide bonds. The van der Waals surface area contributed by atoms with Gasteiger partial charge in [0.25, 0.3) is 7.82 Å². The summed E-state index contributed by atoms with van der Waals surface area (Å²) in [5.41, 5.74) is 0. The smallest absolute Gasteiger partial charge is 0.306 e. The zero-order valence-corrected chi connectivity index (χ0v) is 39.0. The summed E-state index contributed by atoms with van der Waals surface area (Å²) in [5, 5.41) is 0. The van der Waals surface area contributed by atoms with Crippen LogP contribution in [0.2, 0.25) is 0 Å². The van der Waals surface area contributed by atoms with E-state index in [0.29, 0.717) is 23.9 Å². The number of carbonyl (C=O) groups excluding carboxylic acids is 2. The molecule has 9 nitrogen and oxygen atoms in total. The number of hydrogen-bond acceptors (Lipinski definition) is 8. The Morgan fingerprint density at radius 3 is 1.33 bits per heavy atom. The summed E-state index contributed by atoms with van der Waals surface area (Å²) in [6.07, 6.45) is 55.4. The molecule has 0 heterocycles. The number of nitrogens with zero attached hydrogens (tertiary/aromatic N) is 1. The van der Waals surface area contributed by atoms with Gasteiger partial charge in [-0.1, -0.05) is 142 Å². The molecule has 0 aliphatic rings. The largest absolute Gasteiger partial charge is 0.756 e. The van der Waals surface area contributed by atoms with Crippen LogP contribution in [-0.4, -0.2) is 70.0 Å². The van der Waals surface area contributed by atoms with Crippen LogP contribution < -0.4 is 4.89 Å². The van der Waals surface area contributed by atoms with Crippen molar-refractivity contribution in [3.8, 4) is 0 Å². The Morgan fingerprint density at radius 2 is 0.900 bits per heavy atom. The Bertz CT molecular complexity index is 1380. The highest BCUT2D eigenvalue weighted by molar-refractivity contribution is 7.45. The fraction of sp³-hybridized carbons (Fsp3) is 0.600. The number of quaternary nitrogens is 1. The predicted molar refractivity (Wildman–Crippen MR) is 249 cm³/mol. The molecule has 2 unspecified atom stereocenters. The van der Waals surface area contributed by atoms with Crippen LogP contribution in [0.25, 0.3) is 0 Å². The van der Waals surface area contributed by atoms with Crippen molar-refractivity contribution in [1.82, 2.24) is 0 Å². The number of ether oxygens (including phenoxy) is 2. The normalized spacial score (nSPS) is 14.6. The molecule has 0 aliphatic carbocycles. The number of phosphoric ester groups is 1. The van der Waals surface area contributed by atoms with Crippen molar-refractivity contribution in [1.29, 1.82) is 0 Å². The van der Waals surface area contributed by atoms with Crippen molar-refractivity contribution in [3.63, 3.8) is 0 Å². The van der Waals surface area contributed by atoms with Crippen molar-refractivity contribution in [2.75, 3.05) is 47.5 Å². The first-order chi connectivity index (χ1) is 29.0. The Morgan fingerprint density at radius 1 is 0.517 bits per heavy atom. The molecule has 0 radical (unpaired) electrons. The summed E-state index contributed by atoms with van der Waals surface area (Å²) >= 11 is 0. The Hall–Kier alpha value is -3.33. The van der Waals surface area contributed by atoms with Gasteiger partial charge in [0.1, 0.15) is 19.8 Å². The molecule has 0 saturated carbocycles. The zero-order chi connectivity index (χ0) is 44.3. The number of unbranched alkanes of at least 4 members (excludes halogenated alkanes) is 7. The minimum absolute atomic E-state index is 0.0488. The summed E-state index contributed by atoms with van der Waals surface area (Å²) in [6, 6.07) is 0. The summed E-state index contributed by atoms with van der Waals surface area (Å²) in [7, 11) is 1.10. The van der Waals surface area contributed by atoms with E-state index in [1.54, 1.807) is 0 Å². The van der Waals surface area contributed by atoms with E-state index in [9.17, 15) is 19.0 Å². The van der Waals surface area contributed by atoms with Crippen LogP contribution in [0.3, 0.4) is 0 Å². The summed E-state index contributed by atoms with van der Waals surface area (Å²) in [5.74, 6) is -0.913. The maximum absolute atomic E-state index is 12.7. The number of likely N-dealkylation sites (N-methyl/N-ethyl adjacent to an activating group) is 1. The fourth-order valence-electron chi connectivity index (χ4n) is 5.32. The number of allylic oxidation sites excluding steroid dienone is 18. The molecule has 0 rings (SSSR count). The standard InChI is InChI=1S/C50H82NO8P/c1-6-8-10-12-14-16-18-20-22-24-25-27-29-31-33-35-37-39-41-43-50(53)59-48(47-58-60(54,55)57-45-44-51(3,4)5)46-56-49(52)42-40-38-36-34-32-30-28-26-23-21-19-17-15-13-11-9-7-2/h8-11,14-17,20-23,25,27-28,30-31,33,48H,6-7,12-13,18-19,24,26,29,32,34-47H2,1-5H3/b10-8-,11-9-,16-14-,17-15-,22-20-,23-21-,27-25-,30-28-,33-31-. The van der Waals surface area contributed by atoms with Gasteiger partial charge in [-0.05, 0) is 96.3 Å². The second-order valence-electron chi connectivity index (χ2n) is 15.6. The molecule has 2 atom stereocenters. The second kappa shape index (κ2) is 41.0. The van der Waals surface area contributed by atoms with Crippen molar-refractivity contribution in [2.24, 2.45) is 0 Å². The van der Waals surface area contributed by atoms with E-state index in [1.165, 1.54) is 0 Å². The molecule has 10 heteroatoms. The molecule has 0 aromatic heterocycles. The Balaban J connectivity index is 4.48. The second-order valence-corrected chi connectivity index (χ2v) is 17.1. The minimum atomic E-state index is -4.65. The fourth-order valence-corrected chi connectivity index (χ4v) is 6.05. The Kier molecular flexibility index (Phi) is 38.8. The molecule has 340 valence electrons. The average molecular weight is 856 g/mol. The molecule has 0 N–H and O–H groups in total. The SMILES string of the molecule is CC/C=C\C/C=C\C/C=C\C/C=C\C/C=C\CCCCCC(=O)OC(COC(=O)CCCCCC/C=C\C/C=C\C/C=C\C/C=C\CC)COP(=O)([O-])OCC[N+](C)(C)C. The van der Waals surface area contributed by atoms with E-state index in [2.05, 4.69) is 123 Å². The lowest BCUT2D eigenvalue weighted by Gasteiger charge is -2.28. The Labute approximate surface area is 366 Å². The van der Waals surface area contributed by atoms with E-state index in [0.717, 1.165) is 103 Å². The first kappa shape index (κ1) is 56.7. The van der Waals surface area contributed by atoms with E-state index in [-0.39, 0.29) is 26.1 Å². The number of carbonyl (C=O) groups is 2. The van der Waals surface area contributed by atoms with Crippen LogP contribution in [0.5, 0.6) is 0 Å². The number of phosphoric acid groups is 1. The van der Waals surface area contributed by atoms with Gasteiger partial charge >= 0.3 is 11.9 Å². The van der Waals surface area contributed by atoms with Gasteiger partial charge in [-0.15, -0.1) is 0 Å². The van der Waals surface area contributed by atoms with Gasteiger partial charge in [-0.25, -0.2) is 0 Å². The van der Waals surface area contributed by atoms with Gasteiger partial charge in [0.15, 0.2) is 6.10 Å². The molecule has 0 bridgehead atoms. The minimum Gasteiger partial charge on any atom is -0.756 e. The summed E-state index contributed by atoms with van der Waals surface area (Å²) in [4.78, 5) is 37.6. The number of rotatable bonds is 39. The molecular formula is C50H82NO8P. The van der Waals surface area contributed by atoms with E-state index < -0.39 is 32.5 Å². The lowest BCUT2D eigenvalue weighted by Crippen LogP contribution is -2.37. The molecule has 60 heavy (non-hydrogen) atoms. The van der Waals surface area contributed by atoms with Crippen LogP contribution in [0.15, 0.2) is 109 Å². The average Bonchev–Trinajstić information content (AvgIpc) is 3.20. The van der Waals surface area contributed by atoms with Gasteiger partial charge in [-0.3, -0.25) is 14.2 Å². The van der Waals surface area contributed by atoms with Gasteiger partial charge in [-0.2, -0.15) is 0 Å². The van der Waals surface area contributed by atoms with Crippen LogP contribution >= 0.6 is 7.82 Å². The highest BCUT2D eigenvalue weighted by atomic mass is 31.2. The summed E-state index contributed by atoms with van der Waals surface area (Å²) < 4.78 is 33.9. The van der Waals surface area contributed by atoms with Gasteiger partial charge in [0.2, 0.25) is 0 Å². The molecule has 0 aromatic carbocycles. The quantitative estimate of drug-likeness (QED) is 0.0198. The van der Waals surface area contributed by atoms with Crippen molar-refractivity contribution >= 4 is 19.8 Å². The third-order valence-electron chi connectivity index (χ3n) is 8.79. The van der Waals surface area contributed by atoms with Crippen LogP contribution in [-0.2, 0) is 32.7 Å². The van der Waals surface area contributed by atoms with Crippen molar-refractivity contribution < 1.29 is 42.1 Å². The maximum atomic E-state index is 12.7. The molecule has 0 fully saturated rings. The molecule has 0 aliphatic heterocycles. The maximum Gasteiger partial charge on any atom is 0.306 e. The van der Waals surface area contributed by atoms with Gasteiger partial charge in [0.05, 0.1) is 27.7 Å². The molecule has 0 saturated heterocycles. The third kappa shape index (κ3) is 44.2. The highest BCUT2D eigenvalue weighted by Crippen LogP contribution is 2.38. The first-order valence-corrected chi connectivity index (χ1v) is 24.1. The third-order valence-corrected chi connectivity index (χ3v) is 9.75. The number of hydrogen-bond donors (Lipinski definition) is 0. The van der Waals surface area contributed by atoms with E-state index in [4.69, 9.17) is 18.5 Å². The first-order valence-electron chi connectivity index (χ1n) is 22.6. The lowest BCUT2D eigenvalue weighted by molar-refractivity contribution is -0.870. The molecule has 0 spiro atoms. The van der Waals surface area contributed by atoms with E-state index in [1.807, 2.05) is 21.1 Å². The monoisotopic (exact) mass is 856 g/mol. The van der Waals surface area contributed by atoms with Gasteiger partial charge < -0.3 is 27.9 Å². The predicted octanol–water partition coefficient (Wildman–Crippen LogP) is 12.5.